The van der Waals surface area contributed by atoms with Gasteiger partial charge in [-0.3, -0.25) is 4.98 Å². The highest BCUT2D eigenvalue weighted by molar-refractivity contribution is 6.30. The number of phenolic OH excluding ortho intramolecular Hbond substituents is 1. The van der Waals surface area contributed by atoms with Crippen LogP contribution in [-0.2, 0) is 0 Å². The Bertz CT molecular complexity index is 861. The largest absolute Gasteiger partial charge is 0.506 e. The van der Waals surface area contributed by atoms with Gasteiger partial charge in [-0.2, -0.15) is 4.98 Å². The van der Waals surface area contributed by atoms with E-state index in [0.29, 0.717) is 40.4 Å². The van der Waals surface area contributed by atoms with Gasteiger partial charge in [-0.15, -0.1) is 0 Å². The van der Waals surface area contributed by atoms with Crippen LogP contribution in [0.4, 0.5) is 17.5 Å². The van der Waals surface area contributed by atoms with Gasteiger partial charge >= 0.3 is 0 Å². The first-order valence-electron chi connectivity index (χ1n) is 7.56. The Morgan fingerprint density at radius 1 is 1.04 bits per heavy atom. The van der Waals surface area contributed by atoms with Crippen LogP contribution in [0.25, 0.3) is 11.4 Å². The lowest BCUT2D eigenvalue weighted by molar-refractivity contribution is 0.311. The summed E-state index contributed by atoms with van der Waals surface area (Å²) in [5, 5.41) is 25.4. The zero-order valence-electron chi connectivity index (χ0n) is 13.1. The molecule has 128 valence electrons. The second-order valence-corrected chi connectivity index (χ2v) is 5.55. The van der Waals surface area contributed by atoms with Gasteiger partial charge in [0.05, 0.1) is 23.7 Å². The van der Waals surface area contributed by atoms with E-state index in [1.807, 2.05) is 18.2 Å². The maximum atomic E-state index is 9.97. The molecule has 0 amide bonds. The molecule has 0 atom stereocenters. The molecule has 0 fully saturated rings. The second-order valence-electron chi connectivity index (χ2n) is 5.11. The molecule has 4 N–H and O–H groups in total. The van der Waals surface area contributed by atoms with Crippen molar-refractivity contribution >= 4 is 29.1 Å². The average Bonchev–Trinajstić information content (AvgIpc) is 2.63. The molecule has 0 aliphatic heterocycles. The van der Waals surface area contributed by atoms with E-state index in [-0.39, 0.29) is 12.4 Å². The van der Waals surface area contributed by atoms with E-state index in [0.717, 1.165) is 0 Å². The lowest BCUT2D eigenvalue weighted by Gasteiger charge is -2.12. The summed E-state index contributed by atoms with van der Waals surface area (Å²) in [5.41, 5.74) is 1.70. The zero-order chi connectivity index (χ0) is 17.6. The minimum absolute atomic E-state index is 0.0466. The van der Waals surface area contributed by atoms with Crippen molar-refractivity contribution in [3.63, 3.8) is 0 Å². The molecular formula is C17H16ClN5O2. The van der Waals surface area contributed by atoms with Crippen molar-refractivity contribution < 1.29 is 10.2 Å². The molecule has 1 aromatic carbocycles. The smallest absolute Gasteiger partial charge is 0.225 e. The quantitative estimate of drug-likeness (QED) is 0.503. The molecule has 0 unspecified atom stereocenters. The molecule has 3 aromatic rings. The molecule has 0 aliphatic rings. The molecule has 25 heavy (non-hydrogen) atoms. The number of phenols is 1. The number of pyridine rings is 1. The van der Waals surface area contributed by atoms with Gasteiger partial charge in [0.15, 0.2) is 0 Å². The number of nitrogens with zero attached hydrogens (tertiary/aromatic N) is 3. The summed E-state index contributed by atoms with van der Waals surface area (Å²) in [5.74, 6) is 0.835. The van der Waals surface area contributed by atoms with Gasteiger partial charge in [0, 0.05) is 23.8 Å². The Balaban J connectivity index is 1.98. The van der Waals surface area contributed by atoms with E-state index in [1.165, 1.54) is 6.07 Å². The van der Waals surface area contributed by atoms with Crippen LogP contribution in [0.1, 0.15) is 0 Å². The van der Waals surface area contributed by atoms with Gasteiger partial charge in [0.2, 0.25) is 5.95 Å². The van der Waals surface area contributed by atoms with Gasteiger partial charge in [-0.1, -0.05) is 17.7 Å². The number of aromatic hydroxyl groups is 1. The van der Waals surface area contributed by atoms with Gasteiger partial charge in [-0.25, -0.2) is 4.98 Å². The molecule has 0 aliphatic carbocycles. The third-order valence-corrected chi connectivity index (χ3v) is 3.50. The van der Waals surface area contributed by atoms with Gasteiger partial charge < -0.3 is 20.8 Å². The third kappa shape index (κ3) is 4.34. The average molecular weight is 358 g/mol. The summed E-state index contributed by atoms with van der Waals surface area (Å²) >= 11 is 5.98. The molecule has 0 spiro atoms. The number of nitrogens with one attached hydrogen (secondary N) is 2. The Hall–Kier alpha value is -2.90. The fourth-order valence-corrected chi connectivity index (χ4v) is 2.32. The summed E-state index contributed by atoms with van der Waals surface area (Å²) in [4.78, 5) is 13.0. The Kier molecular flexibility index (Phi) is 5.27. The van der Waals surface area contributed by atoms with E-state index < -0.39 is 0 Å². The van der Waals surface area contributed by atoms with Crippen molar-refractivity contribution in [3.8, 4) is 17.1 Å². The highest BCUT2D eigenvalue weighted by Crippen LogP contribution is 2.30. The number of aliphatic hydroxyl groups excluding tert-OH is 1. The number of hydrogen-bond donors (Lipinski definition) is 4. The van der Waals surface area contributed by atoms with Crippen LogP contribution >= 0.6 is 11.6 Å². The SMILES string of the molecule is OCCNc1nc(Nc2cc(Cl)ccc2O)cc(-c2ccccn2)n1. The van der Waals surface area contributed by atoms with Crippen LogP contribution in [0.3, 0.4) is 0 Å². The maximum Gasteiger partial charge on any atom is 0.225 e. The van der Waals surface area contributed by atoms with Gasteiger partial charge in [-0.05, 0) is 30.3 Å². The highest BCUT2D eigenvalue weighted by Gasteiger charge is 2.10. The van der Waals surface area contributed by atoms with E-state index in [4.69, 9.17) is 16.7 Å². The van der Waals surface area contributed by atoms with Crippen LogP contribution in [0, 0.1) is 0 Å². The fourth-order valence-electron chi connectivity index (χ4n) is 2.15. The number of halogens is 1. The first-order valence-corrected chi connectivity index (χ1v) is 7.94. The lowest BCUT2D eigenvalue weighted by atomic mass is 10.2. The Morgan fingerprint density at radius 3 is 2.68 bits per heavy atom. The van der Waals surface area contributed by atoms with Crippen LogP contribution in [0.5, 0.6) is 5.75 Å². The predicted octanol–water partition coefficient (Wildman–Crippen LogP) is 3.05. The molecule has 7 nitrogen and oxygen atoms in total. The number of anilines is 3. The maximum absolute atomic E-state index is 9.97. The standard InChI is InChI=1S/C17H16ClN5O2/c18-11-4-5-15(25)14(9-11)21-16-10-13(12-3-1-2-6-19-12)22-17(23-16)20-7-8-24/h1-6,9-10,24-25H,7-8H2,(H2,20,21,22,23). The summed E-state index contributed by atoms with van der Waals surface area (Å²) in [6.07, 6.45) is 1.67. The van der Waals surface area contributed by atoms with E-state index in [1.54, 1.807) is 24.4 Å². The summed E-state index contributed by atoms with van der Waals surface area (Å²) < 4.78 is 0. The van der Waals surface area contributed by atoms with Gasteiger partial charge in [0.25, 0.3) is 0 Å². The monoisotopic (exact) mass is 357 g/mol. The van der Waals surface area contributed by atoms with Crippen molar-refractivity contribution in [2.45, 2.75) is 0 Å². The van der Waals surface area contributed by atoms with Crippen molar-refractivity contribution in [2.75, 3.05) is 23.8 Å². The van der Waals surface area contributed by atoms with E-state index in [9.17, 15) is 5.11 Å². The normalized spacial score (nSPS) is 10.5. The summed E-state index contributed by atoms with van der Waals surface area (Å²) in [6, 6.07) is 11.9. The highest BCUT2D eigenvalue weighted by atomic mass is 35.5. The third-order valence-electron chi connectivity index (χ3n) is 3.27. The van der Waals surface area contributed by atoms with Crippen LogP contribution in [0.15, 0.2) is 48.7 Å². The summed E-state index contributed by atoms with van der Waals surface area (Å²) in [6.45, 7) is 0.266. The Morgan fingerprint density at radius 2 is 1.92 bits per heavy atom. The molecular weight excluding hydrogens is 342 g/mol. The minimum Gasteiger partial charge on any atom is -0.506 e. The molecule has 0 radical (unpaired) electrons. The van der Waals surface area contributed by atoms with Crippen molar-refractivity contribution in [2.24, 2.45) is 0 Å². The molecule has 0 saturated carbocycles. The van der Waals surface area contributed by atoms with Gasteiger partial charge in [0.1, 0.15) is 11.6 Å². The van der Waals surface area contributed by atoms with Crippen LogP contribution in [-0.4, -0.2) is 38.3 Å². The number of rotatable bonds is 6. The first kappa shape index (κ1) is 16.9. The molecule has 2 aromatic heterocycles. The molecule has 0 bridgehead atoms. The minimum atomic E-state index is -0.0466. The topological polar surface area (TPSA) is 103 Å². The second kappa shape index (κ2) is 7.78. The molecule has 2 heterocycles. The Labute approximate surface area is 149 Å². The van der Waals surface area contributed by atoms with E-state index >= 15 is 0 Å². The van der Waals surface area contributed by atoms with Crippen LogP contribution in [0.2, 0.25) is 5.02 Å². The van der Waals surface area contributed by atoms with Crippen LogP contribution < -0.4 is 10.6 Å². The zero-order valence-corrected chi connectivity index (χ0v) is 13.9. The first-order chi connectivity index (χ1) is 12.2. The number of benzene rings is 1. The lowest BCUT2D eigenvalue weighted by Crippen LogP contribution is -2.10. The van der Waals surface area contributed by atoms with Crippen molar-refractivity contribution in [1.29, 1.82) is 0 Å². The molecule has 8 heteroatoms. The number of aliphatic hydroxyl groups is 1. The predicted molar refractivity (Wildman–Crippen MR) is 97.2 cm³/mol. The van der Waals surface area contributed by atoms with Crippen molar-refractivity contribution in [1.82, 2.24) is 15.0 Å². The molecule has 0 saturated heterocycles. The number of hydrogen-bond acceptors (Lipinski definition) is 7. The molecule has 3 rings (SSSR count). The van der Waals surface area contributed by atoms with E-state index in [2.05, 4.69) is 25.6 Å². The summed E-state index contributed by atoms with van der Waals surface area (Å²) in [7, 11) is 0. The van der Waals surface area contributed by atoms with Crippen molar-refractivity contribution in [3.05, 3.63) is 53.7 Å². The number of aromatic nitrogens is 3. The fraction of sp³-hybridized carbons (Fsp3) is 0.118.